The third-order valence-electron chi connectivity index (χ3n) is 2.06. The van der Waals surface area contributed by atoms with Crippen molar-refractivity contribution in [2.45, 2.75) is 6.42 Å². The van der Waals surface area contributed by atoms with E-state index in [1.54, 1.807) is 0 Å². The van der Waals surface area contributed by atoms with Gasteiger partial charge in [-0.15, -0.1) is 0 Å². The number of nitrogens with zero attached hydrogens (tertiary/aromatic N) is 2. The Hall–Kier alpha value is -1.95. The smallest absolute Gasteiger partial charge is 0.228 e. The summed E-state index contributed by atoms with van der Waals surface area (Å²) in [5, 5.41) is 10.2. The van der Waals surface area contributed by atoms with Crippen LogP contribution in [0.1, 0.15) is 5.89 Å². The first-order valence-electron chi connectivity index (χ1n) is 5.20. The third kappa shape index (κ3) is 3.84. The number of para-hydroxylation sites is 1. The molecule has 88 valence electrons. The second-order valence-electron chi connectivity index (χ2n) is 3.33. The van der Waals surface area contributed by atoms with Gasteiger partial charge in [0.1, 0.15) is 0 Å². The molecule has 0 aliphatic carbocycles. The molecule has 1 aromatic carbocycles. The second kappa shape index (κ2) is 5.95. The van der Waals surface area contributed by atoms with Crippen LogP contribution in [0.3, 0.4) is 0 Å². The fourth-order valence-corrected chi connectivity index (χ4v) is 1.51. The van der Waals surface area contributed by atoms with Crippen LogP contribution in [0.5, 0.6) is 0 Å². The van der Waals surface area contributed by atoms with Gasteiger partial charge in [-0.25, -0.2) is 0 Å². The minimum Gasteiger partial charge on any atom is -0.362 e. The highest BCUT2D eigenvalue weighted by atomic mass is 32.1. The Labute approximate surface area is 104 Å². The third-order valence-corrected chi connectivity index (χ3v) is 2.31. The molecule has 5 nitrogen and oxygen atoms in total. The average Bonchev–Trinajstić information content (AvgIpc) is 2.83. The zero-order chi connectivity index (χ0) is 11.9. The summed E-state index contributed by atoms with van der Waals surface area (Å²) in [4.78, 5) is 3.92. The van der Waals surface area contributed by atoms with Crippen molar-refractivity contribution in [3.8, 4) is 0 Å². The lowest BCUT2D eigenvalue weighted by Gasteiger charge is -2.09. The van der Waals surface area contributed by atoms with Gasteiger partial charge in [-0.05, 0) is 24.4 Å². The molecular weight excluding hydrogens is 236 g/mol. The van der Waals surface area contributed by atoms with Gasteiger partial charge in [-0.3, -0.25) is 0 Å². The molecule has 2 rings (SSSR count). The minimum atomic E-state index is 0.579. The molecule has 0 aliphatic heterocycles. The molecule has 0 saturated carbocycles. The lowest BCUT2D eigenvalue weighted by molar-refractivity contribution is 0.377. The molecule has 17 heavy (non-hydrogen) atoms. The first-order chi connectivity index (χ1) is 8.34. The van der Waals surface area contributed by atoms with E-state index in [1.807, 2.05) is 30.3 Å². The zero-order valence-electron chi connectivity index (χ0n) is 9.09. The standard InChI is InChI=1S/C11H12N4OS/c17-11(15-9-4-2-1-3-5-9)12-7-6-10-13-8-14-16-10/h1-5,8H,6-7H2,(H2,12,15,17). The Morgan fingerprint density at radius 3 is 2.82 bits per heavy atom. The first kappa shape index (κ1) is 11.5. The highest BCUT2D eigenvalue weighted by Gasteiger charge is 2.00. The van der Waals surface area contributed by atoms with Crippen LogP contribution in [0.2, 0.25) is 0 Å². The molecule has 2 aromatic rings. The molecule has 0 aliphatic rings. The molecule has 0 bridgehead atoms. The van der Waals surface area contributed by atoms with Gasteiger partial charge in [0.05, 0.1) is 0 Å². The monoisotopic (exact) mass is 248 g/mol. The number of aromatic nitrogens is 2. The fourth-order valence-electron chi connectivity index (χ4n) is 1.29. The molecule has 1 heterocycles. The second-order valence-corrected chi connectivity index (χ2v) is 3.74. The Kier molecular flexibility index (Phi) is 4.04. The number of thiocarbonyl (C=S) groups is 1. The molecule has 2 N–H and O–H groups in total. The molecule has 0 amide bonds. The van der Waals surface area contributed by atoms with E-state index in [9.17, 15) is 0 Å². The van der Waals surface area contributed by atoms with Gasteiger partial charge in [0.2, 0.25) is 5.89 Å². The van der Waals surface area contributed by atoms with Crippen LogP contribution < -0.4 is 10.6 Å². The Bertz CT molecular complexity index is 458. The van der Waals surface area contributed by atoms with E-state index in [-0.39, 0.29) is 0 Å². The van der Waals surface area contributed by atoms with Gasteiger partial charge < -0.3 is 15.2 Å². The van der Waals surface area contributed by atoms with Gasteiger partial charge >= 0.3 is 0 Å². The highest BCUT2D eigenvalue weighted by Crippen LogP contribution is 2.04. The normalized spacial score (nSPS) is 9.88. The van der Waals surface area contributed by atoms with Crippen molar-refractivity contribution >= 4 is 23.0 Å². The Morgan fingerprint density at radius 2 is 2.12 bits per heavy atom. The first-order valence-corrected chi connectivity index (χ1v) is 5.61. The van der Waals surface area contributed by atoms with Crippen molar-refractivity contribution < 1.29 is 4.52 Å². The molecule has 6 heteroatoms. The van der Waals surface area contributed by atoms with Crippen LogP contribution in [0.4, 0.5) is 5.69 Å². The van der Waals surface area contributed by atoms with Crippen molar-refractivity contribution in [2.75, 3.05) is 11.9 Å². The van der Waals surface area contributed by atoms with E-state index in [1.165, 1.54) is 6.33 Å². The molecule has 0 unspecified atom stereocenters. The van der Waals surface area contributed by atoms with E-state index in [0.29, 0.717) is 24.0 Å². The molecule has 0 spiro atoms. The maximum atomic E-state index is 5.14. The van der Waals surface area contributed by atoms with Crippen LogP contribution >= 0.6 is 12.2 Å². The number of anilines is 1. The number of benzene rings is 1. The number of nitrogens with one attached hydrogen (secondary N) is 2. The van der Waals surface area contributed by atoms with E-state index >= 15 is 0 Å². The summed E-state index contributed by atoms with van der Waals surface area (Å²) >= 11 is 5.14. The van der Waals surface area contributed by atoms with Gasteiger partial charge in [0, 0.05) is 18.7 Å². The van der Waals surface area contributed by atoms with Crippen LogP contribution in [-0.2, 0) is 6.42 Å². The summed E-state index contributed by atoms with van der Waals surface area (Å²) in [6, 6.07) is 9.75. The van der Waals surface area contributed by atoms with Crippen LogP contribution in [0, 0.1) is 0 Å². The fraction of sp³-hybridized carbons (Fsp3) is 0.182. The Balaban J connectivity index is 1.71. The Morgan fingerprint density at radius 1 is 1.29 bits per heavy atom. The summed E-state index contributed by atoms with van der Waals surface area (Å²) in [6.45, 7) is 0.654. The summed E-state index contributed by atoms with van der Waals surface area (Å²) in [7, 11) is 0. The molecule has 0 atom stereocenters. The van der Waals surface area contributed by atoms with Gasteiger partial charge in [0.15, 0.2) is 11.4 Å². The zero-order valence-corrected chi connectivity index (χ0v) is 9.91. The van der Waals surface area contributed by atoms with Crippen molar-refractivity contribution in [3.05, 3.63) is 42.5 Å². The summed E-state index contributed by atoms with van der Waals surface area (Å²) in [5.74, 6) is 0.597. The van der Waals surface area contributed by atoms with Crippen molar-refractivity contribution in [2.24, 2.45) is 0 Å². The van der Waals surface area contributed by atoms with Crippen molar-refractivity contribution in [1.29, 1.82) is 0 Å². The molecule has 0 fully saturated rings. The predicted molar refractivity (Wildman–Crippen MR) is 68.7 cm³/mol. The number of hydrogen-bond donors (Lipinski definition) is 2. The van der Waals surface area contributed by atoms with Gasteiger partial charge in [-0.1, -0.05) is 23.4 Å². The maximum Gasteiger partial charge on any atom is 0.228 e. The lowest BCUT2D eigenvalue weighted by atomic mass is 10.3. The quantitative estimate of drug-likeness (QED) is 0.801. The number of rotatable bonds is 4. The molecule has 0 saturated heterocycles. The van der Waals surface area contributed by atoms with Crippen LogP contribution in [0.25, 0.3) is 0 Å². The highest BCUT2D eigenvalue weighted by molar-refractivity contribution is 7.80. The molecule has 1 aromatic heterocycles. The summed E-state index contributed by atoms with van der Waals surface area (Å²) in [5.41, 5.74) is 0.961. The van der Waals surface area contributed by atoms with E-state index in [4.69, 9.17) is 16.7 Å². The maximum absolute atomic E-state index is 5.14. The lowest BCUT2D eigenvalue weighted by Crippen LogP contribution is -2.30. The molecule has 0 radical (unpaired) electrons. The van der Waals surface area contributed by atoms with E-state index in [0.717, 1.165) is 5.69 Å². The van der Waals surface area contributed by atoms with Crippen LogP contribution in [0.15, 0.2) is 41.2 Å². The predicted octanol–water partition coefficient (Wildman–Crippen LogP) is 1.60. The minimum absolute atomic E-state index is 0.579. The van der Waals surface area contributed by atoms with E-state index in [2.05, 4.69) is 20.8 Å². The average molecular weight is 248 g/mol. The topological polar surface area (TPSA) is 63.0 Å². The van der Waals surface area contributed by atoms with Crippen molar-refractivity contribution in [3.63, 3.8) is 0 Å². The number of hydrogen-bond acceptors (Lipinski definition) is 4. The van der Waals surface area contributed by atoms with Crippen LogP contribution in [-0.4, -0.2) is 21.8 Å². The largest absolute Gasteiger partial charge is 0.362 e. The molecular formula is C11H12N4OS. The SMILES string of the molecule is S=C(NCCc1ncno1)Nc1ccccc1. The van der Waals surface area contributed by atoms with Gasteiger partial charge in [0.25, 0.3) is 0 Å². The summed E-state index contributed by atoms with van der Waals surface area (Å²) < 4.78 is 4.87. The summed E-state index contributed by atoms with van der Waals surface area (Å²) in [6.07, 6.45) is 2.03. The van der Waals surface area contributed by atoms with E-state index < -0.39 is 0 Å². The van der Waals surface area contributed by atoms with Gasteiger partial charge in [-0.2, -0.15) is 4.98 Å². The van der Waals surface area contributed by atoms with Crippen molar-refractivity contribution in [1.82, 2.24) is 15.5 Å².